The average molecular weight is 321 g/mol. The quantitative estimate of drug-likeness (QED) is 0.585. The summed E-state index contributed by atoms with van der Waals surface area (Å²) in [6.45, 7) is 6.70. The van der Waals surface area contributed by atoms with Crippen molar-refractivity contribution in [1.82, 2.24) is 5.32 Å². The van der Waals surface area contributed by atoms with E-state index in [1.807, 2.05) is 20.8 Å². The maximum atomic E-state index is 11.6. The summed E-state index contributed by atoms with van der Waals surface area (Å²) in [5.74, 6) is -0.267. The van der Waals surface area contributed by atoms with Crippen LogP contribution in [-0.4, -0.2) is 36.9 Å². The largest absolute Gasteiger partial charge is 0.482 e. The molecule has 0 aromatic heterocycles. The summed E-state index contributed by atoms with van der Waals surface area (Å²) in [5.41, 5.74) is 0.566. The van der Waals surface area contributed by atoms with Gasteiger partial charge < -0.3 is 14.8 Å². The Kier molecular flexibility index (Phi) is 7.25. The molecule has 1 N–H and O–H groups in total. The van der Waals surface area contributed by atoms with E-state index >= 15 is 0 Å². The van der Waals surface area contributed by atoms with Crippen LogP contribution in [-0.2, 0) is 14.3 Å². The molecule has 0 aliphatic carbocycles. The van der Waals surface area contributed by atoms with Crippen LogP contribution in [0.2, 0.25) is 0 Å². The standard InChI is InChI=1S/C17H23NO5/c1-11(2)12(3)18-16(20)9-23-17(21)10-22-15-7-5-14(6-8-15)13(4)19/h5-8,11-12H,9-10H2,1-4H3,(H,18,20)/t12-/m1/s1. The Hall–Kier alpha value is -2.37. The van der Waals surface area contributed by atoms with E-state index in [1.54, 1.807) is 24.3 Å². The summed E-state index contributed by atoms with van der Waals surface area (Å²) in [7, 11) is 0. The molecule has 0 aliphatic rings. The van der Waals surface area contributed by atoms with Gasteiger partial charge in [-0.2, -0.15) is 0 Å². The normalized spacial score (nSPS) is 11.7. The molecule has 126 valence electrons. The number of carbonyl (C=O) groups is 3. The second kappa shape index (κ2) is 8.92. The summed E-state index contributed by atoms with van der Waals surface area (Å²) in [6, 6.07) is 6.44. The zero-order valence-corrected chi connectivity index (χ0v) is 13.9. The fourth-order valence-corrected chi connectivity index (χ4v) is 1.58. The molecule has 1 amide bonds. The zero-order valence-electron chi connectivity index (χ0n) is 13.9. The Morgan fingerprint density at radius 2 is 1.65 bits per heavy atom. The predicted octanol–water partition coefficient (Wildman–Crippen LogP) is 1.97. The van der Waals surface area contributed by atoms with E-state index < -0.39 is 5.97 Å². The second-order valence-corrected chi connectivity index (χ2v) is 5.63. The first-order valence-electron chi connectivity index (χ1n) is 7.48. The third kappa shape index (κ3) is 6.95. The van der Waals surface area contributed by atoms with Gasteiger partial charge in [0.2, 0.25) is 0 Å². The Morgan fingerprint density at radius 1 is 1.04 bits per heavy atom. The average Bonchev–Trinajstić information content (AvgIpc) is 2.51. The summed E-state index contributed by atoms with van der Waals surface area (Å²) in [5, 5.41) is 2.74. The number of carbonyl (C=O) groups excluding carboxylic acids is 3. The Morgan fingerprint density at radius 3 is 2.17 bits per heavy atom. The van der Waals surface area contributed by atoms with Crippen molar-refractivity contribution >= 4 is 17.7 Å². The minimum atomic E-state index is -0.631. The van der Waals surface area contributed by atoms with E-state index in [0.29, 0.717) is 17.2 Å². The molecule has 0 aliphatic heterocycles. The first-order chi connectivity index (χ1) is 10.8. The van der Waals surface area contributed by atoms with E-state index in [0.717, 1.165) is 0 Å². The molecule has 0 heterocycles. The zero-order chi connectivity index (χ0) is 17.4. The third-order valence-electron chi connectivity index (χ3n) is 3.37. The van der Waals surface area contributed by atoms with Crippen LogP contribution in [0.25, 0.3) is 0 Å². The molecular weight excluding hydrogens is 298 g/mol. The van der Waals surface area contributed by atoms with Crippen molar-refractivity contribution in [3.8, 4) is 5.75 Å². The van der Waals surface area contributed by atoms with E-state index in [-0.39, 0.29) is 30.9 Å². The van der Waals surface area contributed by atoms with Crippen molar-refractivity contribution < 1.29 is 23.9 Å². The van der Waals surface area contributed by atoms with Crippen LogP contribution in [0.1, 0.15) is 38.1 Å². The van der Waals surface area contributed by atoms with Crippen LogP contribution in [0, 0.1) is 5.92 Å². The van der Waals surface area contributed by atoms with Crippen LogP contribution in [0.5, 0.6) is 5.75 Å². The third-order valence-corrected chi connectivity index (χ3v) is 3.37. The predicted molar refractivity (Wildman–Crippen MR) is 85.3 cm³/mol. The lowest BCUT2D eigenvalue weighted by atomic mass is 10.1. The number of rotatable bonds is 8. The van der Waals surface area contributed by atoms with Crippen LogP contribution >= 0.6 is 0 Å². The second-order valence-electron chi connectivity index (χ2n) is 5.63. The molecule has 0 fully saturated rings. The number of ketones is 1. The van der Waals surface area contributed by atoms with E-state index in [1.165, 1.54) is 6.92 Å². The summed E-state index contributed by atoms with van der Waals surface area (Å²) >= 11 is 0. The fourth-order valence-electron chi connectivity index (χ4n) is 1.58. The molecular formula is C17H23NO5. The number of Topliss-reactive ketones (excluding diaryl/α,β-unsaturated/α-hetero) is 1. The highest BCUT2D eigenvalue weighted by Gasteiger charge is 2.13. The maximum Gasteiger partial charge on any atom is 0.344 e. The molecule has 1 aromatic rings. The SMILES string of the molecule is CC(=O)c1ccc(OCC(=O)OCC(=O)N[C@H](C)C(C)C)cc1. The van der Waals surface area contributed by atoms with E-state index in [9.17, 15) is 14.4 Å². The van der Waals surface area contributed by atoms with Gasteiger partial charge in [-0.15, -0.1) is 0 Å². The molecule has 6 nitrogen and oxygen atoms in total. The van der Waals surface area contributed by atoms with Gasteiger partial charge in [-0.05, 0) is 44.0 Å². The summed E-state index contributed by atoms with van der Waals surface area (Å²) in [6.07, 6.45) is 0. The van der Waals surface area contributed by atoms with Gasteiger partial charge in [-0.3, -0.25) is 9.59 Å². The monoisotopic (exact) mass is 321 g/mol. The van der Waals surface area contributed by atoms with Gasteiger partial charge in [0.15, 0.2) is 19.0 Å². The first kappa shape index (κ1) is 18.7. The Labute approximate surface area is 136 Å². The van der Waals surface area contributed by atoms with E-state index in [2.05, 4.69) is 5.32 Å². The molecule has 23 heavy (non-hydrogen) atoms. The Balaban J connectivity index is 2.31. The van der Waals surface area contributed by atoms with Gasteiger partial charge in [0.05, 0.1) is 0 Å². The number of hydrogen-bond acceptors (Lipinski definition) is 5. The van der Waals surface area contributed by atoms with Gasteiger partial charge in [-0.1, -0.05) is 13.8 Å². The van der Waals surface area contributed by atoms with Crippen molar-refractivity contribution in [2.24, 2.45) is 5.92 Å². The number of benzene rings is 1. The topological polar surface area (TPSA) is 81.7 Å². The van der Waals surface area contributed by atoms with Crippen LogP contribution < -0.4 is 10.1 Å². The number of ether oxygens (including phenoxy) is 2. The molecule has 0 saturated heterocycles. The lowest BCUT2D eigenvalue weighted by Crippen LogP contribution is -2.39. The van der Waals surface area contributed by atoms with Crippen molar-refractivity contribution in [2.45, 2.75) is 33.7 Å². The van der Waals surface area contributed by atoms with Crippen molar-refractivity contribution in [2.75, 3.05) is 13.2 Å². The molecule has 0 radical (unpaired) electrons. The highest BCUT2D eigenvalue weighted by molar-refractivity contribution is 5.94. The molecule has 1 aromatic carbocycles. The number of amides is 1. The van der Waals surface area contributed by atoms with Crippen molar-refractivity contribution in [3.63, 3.8) is 0 Å². The molecule has 0 bridgehead atoms. The highest BCUT2D eigenvalue weighted by atomic mass is 16.6. The van der Waals surface area contributed by atoms with Crippen LogP contribution in [0.3, 0.4) is 0 Å². The molecule has 1 atom stereocenters. The summed E-state index contributed by atoms with van der Waals surface area (Å²) in [4.78, 5) is 34.2. The maximum absolute atomic E-state index is 11.6. The lowest BCUT2D eigenvalue weighted by Gasteiger charge is -2.17. The van der Waals surface area contributed by atoms with Gasteiger partial charge in [0.1, 0.15) is 5.75 Å². The van der Waals surface area contributed by atoms with Crippen molar-refractivity contribution in [1.29, 1.82) is 0 Å². The van der Waals surface area contributed by atoms with Gasteiger partial charge in [-0.25, -0.2) is 4.79 Å². The highest BCUT2D eigenvalue weighted by Crippen LogP contribution is 2.12. The van der Waals surface area contributed by atoms with Crippen LogP contribution in [0.4, 0.5) is 0 Å². The van der Waals surface area contributed by atoms with Gasteiger partial charge in [0, 0.05) is 11.6 Å². The molecule has 1 rings (SSSR count). The summed E-state index contributed by atoms with van der Waals surface area (Å²) < 4.78 is 10.1. The van der Waals surface area contributed by atoms with Crippen molar-refractivity contribution in [3.05, 3.63) is 29.8 Å². The van der Waals surface area contributed by atoms with Gasteiger partial charge >= 0.3 is 5.97 Å². The first-order valence-corrected chi connectivity index (χ1v) is 7.48. The number of nitrogens with one attached hydrogen (secondary N) is 1. The van der Waals surface area contributed by atoms with E-state index in [4.69, 9.17) is 9.47 Å². The molecule has 6 heteroatoms. The fraction of sp³-hybridized carbons (Fsp3) is 0.471. The Bertz CT molecular complexity index is 551. The molecule has 0 spiro atoms. The minimum absolute atomic E-state index is 0.0113. The molecule has 0 unspecified atom stereocenters. The van der Waals surface area contributed by atoms with Crippen LogP contribution in [0.15, 0.2) is 24.3 Å². The molecule has 0 saturated carbocycles. The smallest absolute Gasteiger partial charge is 0.344 e. The van der Waals surface area contributed by atoms with Gasteiger partial charge in [0.25, 0.3) is 5.91 Å². The number of esters is 1. The number of hydrogen-bond donors (Lipinski definition) is 1. The lowest BCUT2D eigenvalue weighted by molar-refractivity contribution is -0.150. The minimum Gasteiger partial charge on any atom is -0.482 e.